The van der Waals surface area contributed by atoms with Crippen LogP contribution in [-0.4, -0.2) is 41.6 Å². The SMILES string of the molecule is O=c1c2ccccc2cnn1C1=NCCN1S(=O)(=O)c1ccc(Br)cc1. The highest BCUT2D eigenvalue weighted by atomic mass is 79.9. The molecule has 0 spiro atoms. The summed E-state index contributed by atoms with van der Waals surface area (Å²) < 4.78 is 28.9. The molecule has 2 heterocycles. The monoisotopic (exact) mass is 432 g/mol. The fraction of sp³-hybridized carbons (Fsp3) is 0.118. The van der Waals surface area contributed by atoms with E-state index in [0.29, 0.717) is 10.8 Å². The summed E-state index contributed by atoms with van der Waals surface area (Å²) in [7, 11) is -3.84. The number of fused-ring (bicyclic) bond motifs is 1. The maximum absolute atomic E-state index is 13.0. The van der Waals surface area contributed by atoms with Crippen molar-refractivity contribution in [1.29, 1.82) is 0 Å². The van der Waals surface area contributed by atoms with Crippen LogP contribution in [0, 0.1) is 0 Å². The summed E-state index contributed by atoms with van der Waals surface area (Å²) in [5, 5.41) is 5.27. The third kappa shape index (κ3) is 2.73. The van der Waals surface area contributed by atoms with E-state index in [0.717, 1.165) is 13.5 Å². The molecule has 0 bridgehead atoms. The minimum atomic E-state index is -3.84. The number of rotatable bonds is 2. The van der Waals surface area contributed by atoms with Crippen LogP contribution in [0.5, 0.6) is 0 Å². The Bertz CT molecular complexity index is 1190. The van der Waals surface area contributed by atoms with Crippen LogP contribution in [0.1, 0.15) is 0 Å². The van der Waals surface area contributed by atoms with Crippen molar-refractivity contribution >= 4 is 42.7 Å². The zero-order chi connectivity index (χ0) is 18.3. The van der Waals surface area contributed by atoms with E-state index in [2.05, 4.69) is 26.0 Å². The second kappa shape index (κ2) is 6.33. The Kier molecular flexibility index (Phi) is 4.12. The predicted molar refractivity (Wildman–Crippen MR) is 102 cm³/mol. The first-order valence-electron chi connectivity index (χ1n) is 7.79. The molecule has 0 saturated carbocycles. The van der Waals surface area contributed by atoms with Gasteiger partial charge in [-0.3, -0.25) is 4.79 Å². The van der Waals surface area contributed by atoms with Crippen LogP contribution in [0.4, 0.5) is 0 Å². The number of aromatic nitrogens is 2. The quantitative estimate of drug-likeness (QED) is 0.620. The number of benzene rings is 2. The molecule has 0 fully saturated rings. The van der Waals surface area contributed by atoms with Gasteiger partial charge in [0.15, 0.2) is 0 Å². The van der Waals surface area contributed by atoms with E-state index in [4.69, 9.17) is 0 Å². The van der Waals surface area contributed by atoms with Gasteiger partial charge >= 0.3 is 0 Å². The Morgan fingerprint density at radius 1 is 1.04 bits per heavy atom. The number of hydrogen-bond acceptors (Lipinski definition) is 5. The summed E-state index contributed by atoms with van der Waals surface area (Å²) >= 11 is 3.29. The summed E-state index contributed by atoms with van der Waals surface area (Å²) in [5.41, 5.74) is -0.403. The second-order valence-electron chi connectivity index (χ2n) is 5.66. The van der Waals surface area contributed by atoms with Gasteiger partial charge in [-0.05, 0) is 30.3 Å². The molecular weight excluding hydrogens is 420 g/mol. The maximum Gasteiger partial charge on any atom is 0.282 e. The van der Waals surface area contributed by atoms with Gasteiger partial charge in [0.1, 0.15) is 0 Å². The molecule has 1 aromatic heterocycles. The standard InChI is InChI=1S/C17H13BrN4O3S/c18-13-5-7-14(8-6-13)26(24,25)21-10-9-19-17(21)22-16(23)15-4-2-1-3-12(15)11-20-22/h1-8,11H,9-10H2. The van der Waals surface area contributed by atoms with E-state index >= 15 is 0 Å². The third-order valence-corrected chi connectivity index (χ3v) is 6.39. The van der Waals surface area contributed by atoms with E-state index in [-0.39, 0.29) is 23.9 Å². The molecule has 0 radical (unpaired) electrons. The summed E-state index contributed by atoms with van der Waals surface area (Å²) in [4.78, 5) is 17.1. The summed E-state index contributed by atoms with van der Waals surface area (Å²) in [5.74, 6) is 0.0173. The molecular formula is C17H13BrN4O3S. The summed E-state index contributed by atoms with van der Waals surface area (Å²) in [6.45, 7) is 0.431. The van der Waals surface area contributed by atoms with E-state index in [1.807, 2.05) is 6.07 Å². The lowest BCUT2D eigenvalue weighted by Gasteiger charge is -2.20. The average molecular weight is 433 g/mol. The normalized spacial score (nSPS) is 14.7. The molecule has 0 aliphatic carbocycles. The van der Waals surface area contributed by atoms with Gasteiger partial charge in [-0.1, -0.05) is 34.1 Å². The maximum atomic E-state index is 13.0. The van der Waals surface area contributed by atoms with Crippen molar-refractivity contribution in [2.45, 2.75) is 4.90 Å². The highest BCUT2D eigenvalue weighted by Gasteiger charge is 2.33. The van der Waals surface area contributed by atoms with Crippen LogP contribution in [0.15, 0.2) is 73.9 Å². The Morgan fingerprint density at radius 2 is 1.77 bits per heavy atom. The smallest absolute Gasteiger partial charge is 0.267 e. The third-order valence-electron chi connectivity index (χ3n) is 4.07. The van der Waals surface area contributed by atoms with Gasteiger partial charge in [-0.2, -0.15) is 9.78 Å². The van der Waals surface area contributed by atoms with Crippen LogP contribution >= 0.6 is 15.9 Å². The molecule has 26 heavy (non-hydrogen) atoms. The number of nitrogens with zero attached hydrogens (tertiary/aromatic N) is 4. The zero-order valence-corrected chi connectivity index (χ0v) is 15.8. The van der Waals surface area contributed by atoms with Crippen molar-refractivity contribution in [3.8, 4) is 0 Å². The Hall–Kier alpha value is -2.52. The molecule has 2 aromatic carbocycles. The van der Waals surface area contributed by atoms with Crippen LogP contribution in [0.25, 0.3) is 10.8 Å². The zero-order valence-electron chi connectivity index (χ0n) is 13.4. The van der Waals surface area contributed by atoms with Gasteiger partial charge in [0.05, 0.1) is 29.6 Å². The molecule has 0 unspecified atom stereocenters. The molecule has 0 N–H and O–H groups in total. The van der Waals surface area contributed by atoms with Crippen molar-refractivity contribution in [3.05, 3.63) is 69.6 Å². The molecule has 4 rings (SSSR count). The largest absolute Gasteiger partial charge is 0.282 e. The lowest BCUT2D eigenvalue weighted by Crippen LogP contribution is -2.43. The fourth-order valence-electron chi connectivity index (χ4n) is 2.79. The van der Waals surface area contributed by atoms with Gasteiger partial charge in [0.25, 0.3) is 15.6 Å². The first kappa shape index (κ1) is 16.9. The van der Waals surface area contributed by atoms with Gasteiger partial charge in [-0.25, -0.2) is 17.7 Å². The highest BCUT2D eigenvalue weighted by Crippen LogP contribution is 2.21. The number of halogens is 1. The number of hydrogen-bond donors (Lipinski definition) is 0. The molecule has 132 valence electrons. The van der Waals surface area contributed by atoms with E-state index in [1.54, 1.807) is 30.3 Å². The van der Waals surface area contributed by atoms with Gasteiger partial charge in [0, 0.05) is 9.86 Å². The fourth-order valence-corrected chi connectivity index (χ4v) is 4.46. The topological polar surface area (TPSA) is 84.6 Å². The van der Waals surface area contributed by atoms with Crippen molar-refractivity contribution in [1.82, 2.24) is 14.1 Å². The lowest BCUT2D eigenvalue weighted by molar-refractivity contribution is 0.529. The highest BCUT2D eigenvalue weighted by molar-refractivity contribution is 9.10. The molecule has 3 aromatic rings. The van der Waals surface area contributed by atoms with E-state index in [1.165, 1.54) is 18.3 Å². The minimum Gasteiger partial charge on any atom is -0.267 e. The van der Waals surface area contributed by atoms with E-state index in [9.17, 15) is 13.2 Å². The molecule has 0 saturated heterocycles. The van der Waals surface area contributed by atoms with Gasteiger partial charge in [0.2, 0.25) is 5.96 Å². The minimum absolute atomic E-state index is 0.0173. The predicted octanol–water partition coefficient (Wildman–Crippen LogP) is 2.07. The number of aliphatic imine (C=N–C) groups is 1. The van der Waals surface area contributed by atoms with Crippen LogP contribution in [0.2, 0.25) is 0 Å². The van der Waals surface area contributed by atoms with Crippen molar-refractivity contribution in [2.24, 2.45) is 4.99 Å². The number of sulfonamides is 1. The molecule has 7 nitrogen and oxygen atoms in total. The molecule has 1 aliphatic rings. The summed E-state index contributed by atoms with van der Waals surface area (Å²) in [6, 6.07) is 13.3. The van der Waals surface area contributed by atoms with Crippen molar-refractivity contribution in [3.63, 3.8) is 0 Å². The molecule has 0 amide bonds. The first-order chi connectivity index (χ1) is 12.5. The Labute approximate surface area is 157 Å². The van der Waals surface area contributed by atoms with Crippen LogP contribution in [0.3, 0.4) is 0 Å². The lowest BCUT2D eigenvalue weighted by atomic mass is 10.2. The van der Waals surface area contributed by atoms with Crippen molar-refractivity contribution < 1.29 is 8.42 Å². The van der Waals surface area contributed by atoms with Gasteiger partial charge < -0.3 is 0 Å². The molecule has 9 heteroatoms. The van der Waals surface area contributed by atoms with Gasteiger partial charge in [-0.15, -0.1) is 0 Å². The Balaban J connectivity index is 1.81. The molecule has 1 aliphatic heterocycles. The molecule has 0 atom stereocenters. The van der Waals surface area contributed by atoms with Crippen LogP contribution < -0.4 is 5.56 Å². The average Bonchev–Trinajstić information content (AvgIpc) is 3.13. The van der Waals surface area contributed by atoms with Crippen LogP contribution in [-0.2, 0) is 10.0 Å². The second-order valence-corrected chi connectivity index (χ2v) is 8.44. The van der Waals surface area contributed by atoms with E-state index < -0.39 is 15.6 Å². The summed E-state index contributed by atoms with van der Waals surface area (Å²) in [6.07, 6.45) is 1.53. The Morgan fingerprint density at radius 3 is 2.54 bits per heavy atom. The first-order valence-corrected chi connectivity index (χ1v) is 10.0. The van der Waals surface area contributed by atoms with Crippen molar-refractivity contribution in [2.75, 3.05) is 13.1 Å².